The van der Waals surface area contributed by atoms with Crippen molar-refractivity contribution < 1.29 is 42.0 Å². The highest BCUT2D eigenvalue weighted by Gasteiger charge is 2.24. The molecule has 15 aromatic rings. The molecule has 542 valence electrons. The second-order valence-electron chi connectivity index (χ2n) is 29.8. The van der Waals surface area contributed by atoms with E-state index in [0.29, 0.717) is 33.7 Å². The Kier molecular flexibility index (Phi) is 18.6. The minimum atomic E-state index is -2.45. The van der Waals surface area contributed by atoms with Gasteiger partial charge in [-0.05, 0) is 262 Å². The molecule has 0 aliphatic heterocycles. The average molecular weight is 1420 g/mol. The molecule has 10 aromatic carbocycles. The number of rotatable bonds is 8. The summed E-state index contributed by atoms with van der Waals surface area (Å²) in [5.41, 5.74) is 25.2. The molecule has 0 aliphatic rings. The Labute approximate surface area is 659 Å². The lowest BCUT2D eigenvalue weighted by molar-refractivity contribution is -0.659. The van der Waals surface area contributed by atoms with E-state index < -0.39 is 39.2 Å². The molecule has 5 nitrogen and oxygen atoms in total. The van der Waals surface area contributed by atoms with E-state index in [2.05, 4.69) is 209 Å². The van der Waals surface area contributed by atoms with Crippen molar-refractivity contribution in [3.63, 3.8) is 0 Å². The zero-order chi connectivity index (χ0) is 88.8. The highest BCUT2D eigenvalue weighted by atomic mass is 14.9. The van der Waals surface area contributed by atoms with Crippen molar-refractivity contribution in [2.75, 3.05) is 0 Å². The third kappa shape index (κ3) is 16.9. The molecular weight excluding hydrogens is 1300 g/mol. The van der Waals surface area contributed by atoms with Gasteiger partial charge in [-0.2, -0.15) is 0 Å². The zero-order valence-corrected chi connectivity index (χ0v) is 66.3. The van der Waals surface area contributed by atoms with Crippen LogP contribution in [-0.2, 0) is 35.2 Å². The Hall–Kier alpha value is -10.8. The van der Waals surface area contributed by atoms with Gasteiger partial charge in [0.05, 0.1) is 43.8 Å². The summed E-state index contributed by atoms with van der Waals surface area (Å²) in [7, 11) is 10.1. The molecule has 5 heterocycles. The van der Waals surface area contributed by atoms with Crippen LogP contribution in [0.25, 0.3) is 110 Å². The van der Waals surface area contributed by atoms with Crippen molar-refractivity contribution in [2.45, 2.75) is 149 Å². The number of nitrogens with zero attached hydrogens (tertiary/aromatic N) is 5. The van der Waals surface area contributed by atoms with E-state index in [1.54, 1.807) is 30.3 Å². The highest BCUT2D eigenvalue weighted by Crippen LogP contribution is 2.37. The summed E-state index contributed by atoms with van der Waals surface area (Å²) >= 11 is 0. The number of aromatic nitrogens is 5. The number of benzene rings is 10. The van der Waals surface area contributed by atoms with Crippen LogP contribution in [0.4, 0.5) is 0 Å². The fourth-order valence-corrected chi connectivity index (χ4v) is 14.7. The Bertz CT molecular complexity index is 6460. The molecule has 0 saturated heterocycles. The maximum Gasteiger partial charge on any atom is 0.220 e. The summed E-state index contributed by atoms with van der Waals surface area (Å²) in [4.78, 5) is 0. The summed E-state index contributed by atoms with van der Waals surface area (Å²) in [6.07, 6.45) is 10.3. The van der Waals surface area contributed by atoms with Crippen molar-refractivity contribution in [1.29, 1.82) is 0 Å². The first-order valence-corrected chi connectivity index (χ1v) is 37.0. The third-order valence-corrected chi connectivity index (χ3v) is 21.1. The van der Waals surface area contributed by atoms with E-state index in [0.717, 1.165) is 99.5 Å². The van der Waals surface area contributed by atoms with Crippen molar-refractivity contribution in [1.82, 2.24) is 0 Å². The summed E-state index contributed by atoms with van der Waals surface area (Å²) in [5.74, 6) is -1.84. The summed E-state index contributed by atoms with van der Waals surface area (Å²) in [6, 6.07) is 69.9. The maximum atomic E-state index is 8.38. The van der Waals surface area contributed by atoms with Crippen molar-refractivity contribution in [3.8, 4) is 56.3 Å². The van der Waals surface area contributed by atoms with Gasteiger partial charge in [0, 0.05) is 60.5 Å². The molecule has 15 rings (SSSR count). The second-order valence-corrected chi connectivity index (χ2v) is 29.8. The molecule has 1 unspecified atom stereocenters. The Morgan fingerprint density at radius 1 is 0.280 bits per heavy atom. The standard InChI is InChI=1S/3C22H26N.C19H20N.C17H16N/c3*1-14(2)18-7-8-20-19(13-18)9-10-23(6)22(20)21-12-15(3)11-16(4)17(21)5;1-13-11-14(2)15(3)18(12-13)19-17-8-6-5-7-16(17)9-10-20(19)4;1-13-7-3-6-10-16(13)17-11-14-8-4-5-9-15(14)12-18(17)2/h3*7-14H,1-6H3;5-12H,1-4H3;3-12H,1-2H3/q5*+1/i1D3,4D3,14D;4D3,14D;;2D3;. The topological polar surface area (TPSA) is 19.4 Å². The van der Waals surface area contributed by atoms with Crippen LogP contribution in [0, 0.1) is 89.8 Å². The van der Waals surface area contributed by atoms with Gasteiger partial charge in [0.1, 0.15) is 35.2 Å². The van der Waals surface area contributed by atoms with Gasteiger partial charge in [-0.1, -0.05) is 179 Å². The Balaban J connectivity index is 0.000000149. The SMILES string of the molecule is Cc1cc(C)c(C)c(-c2c3ccc(C(C)C)cc3cc[n+]2C)c1.Cc1ccccc1-c1cc2ccccc2c[n+]1C.[2H]C([2H])([2H])c1cc(C)cc(-c2c3ccc(C([2H])(C)C([2H])([2H])[2H])cc3cc[n+]2C)c1C.[2H]C([2H])([2H])c1cc(C)cc(-c2c3ccc(C([2H])(C)C)cc3cc[n+]2C)c1C.[2H]C([2H])([2H])c1cc(C)cc(-c2c3ccccc3cc[n+]2C)c1C. The van der Waals surface area contributed by atoms with Crippen LogP contribution < -0.4 is 22.8 Å². The fraction of sp³-hybridized carbons (Fsp3) is 0.265. The average Bonchev–Trinajstić information content (AvgIpc) is 0.725. The number of aryl methyl sites for hydroxylation is 14. The molecule has 1 atom stereocenters. The van der Waals surface area contributed by atoms with Crippen molar-refractivity contribution >= 4 is 53.9 Å². The molecule has 0 aliphatic carbocycles. The zero-order valence-electron chi connectivity index (χ0n) is 80.3. The first-order chi connectivity index (χ1) is 56.5. The van der Waals surface area contributed by atoms with Crippen LogP contribution >= 0.6 is 0 Å². The number of pyridine rings is 5. The number of hydrogen-bond acceptors (Lipinski definition) is 0. The van der Waals surface area contributed by atoms with Crippen LogP contribution in [0.5, 0.6) is 0 Å². The molecular formula is C102H114N5+5. The van der Waals surface area contributed by atoms with Gasteiger partial charge < -0.3 is 0 Å². The Morgan fingerprint density at radius 2 is 0.626 bits per heavy atom. The van der Waals surface area contributed by atoms with Gasteiger partial charge in [0.2, 0.25) is 28.5 Å². The number of fused-ring (bicyclic) bond motifs is 5. The quantitative estimate of drug-likeness (QED) is 0.135. The summed E-state index contributed by atoms with van der Waals surface area (Å²) < 4.78 is 121. The first kappa shape index (κ1) is 60.4. The molecule has 0 amide bonds. The lowest BCUT2D eigenvalue weighted by atomic mass is 9.93. The van der Waals surface area contributed by atoms with Crippen molar-refractivity contribution in [2.24, 2.45) is 35.2 Å². The van der Waals surface area contributed by atoms with Crippen LogP contribution in [0.1, 0.15) is 167 Å². The van der Waals surface area contributed by atoms with Crippen LogP contribution in [0.2, 0.25) is 0 Å². The van der Waals surface area contributed by atoms with Crippen LogP contribution in [0.15, 0.2) is 237 Å². The monoisotopic (exact) mass is 1420 g/mol. The van der Waals surface area contributed by atoms with E-state index in [1.165, 1.54) is 78.8 Å². The minimum Gasteiger partial charge on any atom is -0.200 e. The van der Waals surface area contributed by atoms with E-state index in [-0.39, 0.29) is 0 Å². The minimum absolute atomic E-state index is 0.326. The third-order valence-electron chi connectivity index (χ3n) is 21.1. The predicted molar refractivity (Wildman–Crippen MR) is 457 cm³/mol. The van der Waals surface area contributed by atoms with Gasteiger partial charge in [0.25, 0.3) is 0 Å². The van der Waals surface area contributed by atoms with Gasteiger partial charge in [0.15, 0.2) is 31.0 Å². The molecule has 0 spiro atoms. The molecule has 107 heavy (non-hydrogen) atoms. The molecule has 5 heteroatoms. The van der Waals surface area contributed by atoms with E-state index in [4.69, 9.17) is 19.2 Å². The van der Waals surface area contributed by atoms with E-state index in [9.17, 15) is 0 Å². The molecule has 0 N–H and O–H groups in total. The molecule has 0 radical (unpaired) electrons. The fourth-order valence-electron chi connectivity index (χ4n) is 14.7. The highest BCUT2D eigenvalue weighted by molar-refractivity contribution is 5.97. The predicted octanol–water partition coefficient (Wildman–Crippen LogP) is 24.0. The normalized spacial score (nSPS) is 14.3. The molecule has 5 aromatic heterocycles. The summed E-state index contributed by atoms with van der Waals surface area (Å²) in [6.45, 7) is 20.9. The van der Waals surface area contributed by atoms with Gasteiger partial charge in [-0.15, -0.1) is 0 Å². The first-order valence-electron chi connectivity index (χ1n) is 44.0. The van der Waals surface area contributed by atoms with Gasteiger partial charge >= 0.3 is 0 Å². The maximum absolute atomic E-state index is 8.38. The van der Waals surface area contributed by atoms with Gasteiger partial charge in [-0.25, -0.2) is 22.8 Å². The second kappa shape index (κ2) is 32.9. The Morgan fingerprint density at radius 3 is 1.04 bits per heavy atom. The smallest absolute Gasteiger partial charge is 0.200 e. The molecule has 0 bridgehead atoms. The van der Waals surface area contributed by atoms with Crippen LogP contribution in [-0.4, -0.2) is 0 Å². The molecule has 0 fully saturated rings. The summed E-state index contributed by atoms with van der Waals surface area (Å²) in [5, 5.41) is 11.3. The van der Waals surface area contributed by atoms with Crippen LogP contribution in [0.3, 0.4) is 0 Å². The largest absolute Gasteiger partial charge is 0.220 e. The van der Waals surface area contributed by atoms with Gasteiger partial charge in [-0.3, -0.25) is 0 Å². The van der Waals surface area contributed by atoms with Crippen molar-refractivity contribution in [3.05, 3.63) is 326 Å². The lowest BCUT2D eigenvalue weighted by Crippen LogP contribution is -2.30. The lowest BCUT2D eigenvalue weighted by Gasteiger charge is -2.12. The van der Waals surface area contributed by atoms with E-state index in [1.807, 2.05) is 153 Å². The molecule has 0 saturated carbocycles. The number of hydrogen-bond donors (Lipinski definition) is 0. The van der Waals surface area contributed by atoms with E-state index >= 15 is 0 Å².